The second kappa shape index (κ2) is 11.1. The summed E-state index contributed by atoms with van der Waals surface area (Å²) in [4.78, 5) is 14.3. The molecule has 0 bridgehead atoms. The van der Waals surface area contributed by atoms with Crippen molar-refractivity contribution in [1.82, 2.24) is 15.3 Å². The first kappa shape index (κ1) is 22.4. The fourth-order valence-corrected chi connectivity index (χ4v) is 2.98. The molecule has 148 valence electrons. The van der Waals surface area contributed by atoms with E-state index in [-0.39, 0.29) is 11.6 Å². The number of esters is 1. The second-order valence-electron chi connectivity index (χ2n) is 8.57. The number of hydrazine groups is 1. The number of nitrogens with zero attached hydrogens (tertiary/aromatic N) is 2. The Kier molecular flexibility index (Phi) is 9.94. The summed E-state index contributed by atoms with van der Waals surface area (Å²) in [6.07, 6.45) is 2.51. The van der Waals surface area contributed by atoms with Crippen molar-refractivity contribution in [2.24, 2.45) is 17.6 Å². The minimum absolute atomic E-state index is 0.0777. The lowest BCUT2D eigenvalue weighted by molar-refractivity contribution is -0.154. The molecule has 2 atom stereocenters. The molecule has 0 aromatic carbocycles. The van der Waals surface area contributed by atoms with E-state index in [4.69, 9.17) is 10.5 Å². The van der Waals surface area contributed by atoms with Crippen LogP contribution in [0.5, 0.6) is 0 Å². The SMILES string of the molecule is CC(CN)CNN1CCN(CC(C)CCCC(=O)OC(C)(C)C)CC1. The third-order valence-electron chi connectivity index (χ3n) is 4.51. The third-order valence-corrected chi connectivity index (χ3v) is 4.51. The summed E-state index contributed by atoms with van der Waals surface area (Å²) >= 11 is 0. The Morgan fingerprint density at radius 1 is 1.16 bits per heavy atom. The monoisotopic (exact) mass is 356 g/mol. The van der Waals surface area contributed by atoms with Gasteiger partial charge in [0, 0.05) is 45.7 Å². The molecule has 0 aromatic heterocycles. The number of carbonyl (C=O) groups is 1. The Bertz CT molecular complexity index is 376. The van der Waals surface area contributed by atoms with E-state index < -0.39 is 0 Å². The van der Waals surface area contributed by atoms with E-state index in [1.165, 1.54) is 0 Å². The van der Waals surface area contributed by atoms with Crippen molar-refractivity contribution < 1.29 is 9.53 Å². The van der Waals surface area contributed by atoms with E-state index in [2.05, 4.69) is 29.2 Å². The van der Waals surface area contributed by atoms with Gasteiger partial charge in [0.05, 0.1) is 0 Å². The predicted octanol–water partition coefficient (Wildman–Crippen LogP) is 1.85. The normalized spacial score (nSPS) is 19.6. The fraction of sp³-hybridized carbons (Fsp3) is 0.947. The van der Waals surface area contributed by atoms with E-state index >= 15 is 0 Å². The Labute approximate surface area is 154 Å². The molecule has 0 aliphatic carbocycles. The van der Waals surface area contributed by atoms with E-state index in [1.807, 2.05) is 20.8 Å². The van der Waals surface area contributed by atoms with Gasteiger partial charge in [-0.05, 0) is 52.0 Å². The third kappa shape index (κ3) is 10.8. The molecule has 1 aliphatic heterocycles. The van der Waals surface area contributed by atoms with Gasteiger partial charge in [0.1, 0.15) is 5.60 Å². The Morgan fingerprint density at radius 3 is 2.36 bits per heavy atom. The van der Waals surface area contributed by atoms with Gasteiger partial charge in [-0.15, -0.1) is 0 Å². The number of nitrogens with one attached hydrogen (secondary N) is 1. The molecule has 0 saturated carbocycles. The lowest BCUT2D eigenvalue weighted by Gasteiger charge is -2.36. The highest BCUT2D eigenvalue weighted by Gasteiger charge is 2.19. The molecule has 1 heterocycles. The minimum Gasteiger partial charge on any atom is -0.460 e. The van der Waals surface area contributed by atoms with Gasteiger partial charge in [0.2, 0.25) is 0 Å². The zero-order valence-corrected chi connectivity index (χ0v) is 17.0. The summed E-state index contributed by atoms with van der Waals surface area (Å²) in [5.41, 5.74) is 8.77. The molecule has 2 unspecified atom stereocenters. The standard InChI is InChI=1S/C19H40N4O2/c1-16(7-6-8-18(24)25-19(3,4)5)15-22-9-11-23(12-10-22)21-14-17(2)13-20/h16-17,21H,6-15,20H2,1-5H3. The van der Waals surface area contributed by atoms with Gasteiger partial charge in [-0.2, -0.15) is 0 Å². The van der Waals surface area contributed by atoms with Crippen LogP contribution in [0.25, 0.3) is 0 Å². The highest BCUT2D eigenvalue weighted by molar-refractivity contribution is 5.69. The van der Waals surface area contributed by atoms with Crippen LogP contribution in [0.1, 0.15) is 53.9 Å². The van der Waals surface area contributed by atoms with E-state index in [0.717, 1.165) is 58.7 Å². The Hall–Kier alpha value is -0.690. The van der Waals surface area contributed by atoms with E-state index in [9.17, 15) is 4.79 Å². The van der Waals surface area contributed by atoms with Gasteiger partial charge in [-0.25, -0.2) is 5.01 Å². The van der Waals surface area contributed by atoms with Crippen LogP contribution < -0.4 is 11.2 Å². The van der Waals surface area contributed by atoms with Crippen molar-refractivity contribution in [2.75, 3.05) is 45.8 Å². The van der Waals surface area contributed by atoms with E-state index in [0.29, 0.717) is 18.3 Å². The molecule has 1 fully saturated rings. The van der Waals surface area contributed by atoms with Crippen molar-refractivity contribution in [2.45, 2.75) is 59.5 Å². The molecule has 3 N–H and O–H groups in total. The molecule has 1 rings (SSSR count). The maximum atomic E-state index is 11.7. The number of nitrogens with two attached hydrogens (primary N) is 1. The molecule has 0 aromatic rings. The number of hydrogen-bond acceptors (Lipinski definition) is 6. The van der Waals surface area contributed by atoms with Crippen LogP contribution in [-0.4, -0.2) is 67.3 Å². The summed E-state index contributed by atoms with van der Waals surface area (Å²) < 4.78 is 5.36. The second-order valence-corrected chi connectivity index (χ2v) is 8.57. The predicted molar refractivity (Wildman–Crippen MR) is 103 cm³/mol. The summed E-state index contributed by atoms with van der Waals surface area (Å²) in [5, 5.41) is 2.32. The number of hydrogen-bond donors (Lipinski definition) is 2. The van der Waals surface area contributed by atoms with Crippen molar-refractivity contribution in [3.8, 4) is 0 Å². The topological polar surface area (TPSA) is 70.8 Å². The van der Waals surface area contributed by atoms with Gasteiger partial charge in [0.25, 0.3) is 0 Å². The van der Waals surface area contributed by atoms with E-state index in [1.54, 1.807) is 0 Å². The first-order chi connectivity index (χ1) is 11.7. The molecule has 0 amide bonds. The first-order valence-electron chi connectivity index (χ1n) is 9.82. The van der Waals surface area contributed by atoms with Crippen LogP contribution in [-0.2, 0) is 9.53 Å². The first-order valence-corrected chi connectivity index (χ1v) is 9.82. The highest BCUT2D eigenvalue weighted by Crippen LogP contribution is 2.14. The smallest absolute Gasteiger partial charge is 0.306 e. The van der Waals surface area contributed by atoms with Gasteiger partial charge < -0.3 is 15.4 Å². The molecule has 1 aliphatic rings. The average molecular weight is 357 g/mol. The molecule has 0 spiro atoms. The van der Waals surface area contributed by atoms with Crippen molar-refractivity contribution in [3.63, 3.8) is 0 Å². The molecule has 6 nitrogen and oxygen atoms in total. The quantitative estimate of drug-likeness (QED) is 0.582. The van der Waals surface area contributed by atoms with Gasteiger partial charge in [0.15, 0.2) is 0 Å². The molecule has 0 radical (unpaired) electrons. The van der Waals surface area contributed by atoms with Crippen LogP contribution in [0.4, 0.5) is 0 Å². The number of rotatable bonds is 10. The molecule has 25 heavy (non-hydrogen) atoms. The van der Waals surface area contributed by atoms with Crippen LogP contribution >= 0.6 is 0 Å². The maximum absolute atomic E-state index is 11.7. The number of ether oxygens (including phenoxy) is 1. The van der Waals surface area contributed by atoms with Crippen LogP contribution in [0, 0.1) is 11.8 Å². The van der Waals surface area contributed by atoms with Crippen molar-refractivity contribution >= 4 is 5.97 Å². The van der Waals surface area contributed by atoms with Gasteiger partial charge in [-0.3, -0.25) is 10.2 Å². The van der Waals surface area contributed by atoms with Gasteiger partial charge in [-0.1, -0.05) is 13.8 Å². The van der Waals surface area contributed by atoms with Crippen LogP contribution in [0.15, 0.2) is 0 Å². The lowest BCUT2D eigenvalue weighted by atomic mass is 10.0. The number of carbonyl (C=O) groups excluding carboxylic acids is 1. The maximum Gasteiger partial charge on any atom is 0.306 e. The Morgan fingerprint density at radius 2 is 1.80 bits per heavy atom. The summed E-state index contributed by atoms with van der Waals surface area (Å²) in [7, 11) is 0. The largest absolute Gasteiger partial charge is 0.460 e. The summed E-state index contributed by atoms with van der Waals surface area (Å²) in [5.74, 6) is 1.05. The molecular formula is C19H40N4O2. The highest BCUT2D eigenvalue weighted by atomic mass is 16.6. The number of piperazine rings is 1. The molecule has 6 heteroatoms. The molecule has 1 saturated heterocycles. The van der Waals surface area contributed by atoms with Crippen LogP contribution in [0.2, 0.25) is 0 Å². The average Bonchev–Trinajstić information content (AvgIpc) is 2.52. The van der Waals surface area contributed by atoms with Gasteiger partial charge >= 0.3 is 5.97 Å². The Balaban J connectivity index is 2.12. The fourth-order valence-electron chi connectivity index (χ4n) is 2.98. The zero-order chi connectivity index (χ0) is 18.9. The molecular weight excluding hydrogens is 316 g/mol. The van der Waals surface area contributed by atoms with Crippen molar-refractivity contribution in [3.05, 3.63) is 0 Å². The van der Waals surface area contributed by atoms with Crippen molar-refractivity contribution in [1.29, 1.82) is 0 Å². The zero-order valence-electron chi connectivity index (χ0n) is 17.0. The summed E-state index contributed by atoms with van der Waals surface area (Å²) in [6.45, 7) is 17.3. The minimum atomic E-state index is -0.377. The lowest BCUT2D eigenvalue weighted by Crippen LogP contribution is -2.53. The summed E-state index contributed by atoms with van der Waals surface area (Å²) in [6, 6.07) is 0. The van der Waals surface area contributed by atoms with Crippen LogP contribution in [0.3, 0.4) is 0 Å².